The summed E-state index contributed by atoms with van der Waals surface area (Å²) in [5.41, 5.74) is 6.27. The van der Waals surface area contributed by atoms with Crippen LogP contribution >= 0.6 is 0 Å². The fraction of sp³-hybridized carbons (Fsp3) is 0.586. The van der Waals surface area contributed by atoms with E-state index in [4.69, 9.17) is 0 Å². The minimum Gasteiger partial charge on any atom is -0.507 e. The van der Waals surface area contributed by atoms with Crippen LogP contribution in [0.5, 0.6) is 11.5 Å². The summed E-state index contributed by atoms with van der Waals surface area (Å²) in [6.07, 6.45) is 1.98. The number of aromatic hydroxyl groups is 2. The second kappa shape index (κ2) is 8.52. The van der Waals surface area contributed by atoms with Gasteiger partial charge in [0, 0.05) is 0 Å². The van der Waals surface area contributed by atoms with E-state index in [2.05, 4.69) is 93.5 Å². The highest BCUT2D eigenvalue weighted by atomic mass is 16.3. The zero-order valence-electron chi connectivity index (χ0n) is 21.7. The van der Waals surface area contributed by atoms with Crippen LogP contribution in [0.1, 0.15) is 115 Å². The van der Waals surface area contributed by atoms with Crippen molar-refractivity contribution in [2.45, 2.75) is 111 Å². The monoisotopic (exact) mass is 424 g/mol. The van der Waals surface area contributed by atoms with Crippen LogP contribution < -0.4 is 0 Å². The fourth-order valence-corrected chi connectivity index (χ4v) is 4.20. The highest BCUT2D eigenvalue weighted by Crippen LogP contribution is 2.41. The van der Waals surface area contributed by atoms with Crippen LogP contribution in [0.25, 0.3) is 0 Å². The largest absolute Gasteiger partial charge is 0.507 e. The van der Waals surface area contributed by atoms with Gasteiger partial charge in [-0.2, -0.15) is 0 Å². The molecule has 1 unspecified atom stereocenters. The molecule has 0 amide bonds. The molecule has 0 aliphatic rings. The van der Waals surface area contributed by atoms with Gasteiger partial charge in [0.05, 0.1) is 0 Å². The predicted molar refractivity (Wildman–Crippen MR) is 134 cm³/mol. The molecule has 1 atom stereocenters. The Hall–Kier alpha value is -1.96. The quantitative estimate of drug-likeness (QED) is 0.521. The molecule has 0 aliphatic carbocycles. The molecule has 0 fully saturated rings. The maximum absolute atomic E-state index is 11.0. The van der Waals surface area contributed by atoms with Crippen LogP contribution in [0.15, 0.2) is 24.3 Å². The van der Waals surface area contributed by atoms with E-state index in [1.54, 1.807) is 0 Å². The van der Waals surface area contributed by atoms with E-state index in [-0.39, 0.29) is 16.2 Å². The standard InChI is InChI=1S/C29H44O2/c1-18(21-14-19(2)25(30)24(17-21)29(9,10)11)12-13-20-15-22(27(3,4)5)26(31)23(16-20)28(6,7)8/h14-18,30-31H,12-13H2,1-11H3. The van der Waals surface area contributed by atoms with Gasteiger partial charge < -0.3 is 10.2 Å². The second-order valence-electron chi connectivity index (χ2n) is 12.5. The van der Waals surface area contributed by atoms with Crippen LogP contribution in [0.3, 0.4) is 0 Å². The summed E-state index contributed by atoms with van der Waals surface area (Å²) in [4.78, 5) is 0. The van der Waals surface area contributed by atoms with Crippen molar-refractivity contribution in [1.29, 1.82) is 0 Å². The zero-order valence-corrected chi connectivity index (χ0v) is 21.7. The molecule has 31 heavy (non-hydrogen) atoms. The van der Waals surface area contributed by atoms with Crippen LogP contribution in [0, 0.1) is 6.92 Å². The van der Waals surface area contributed by atoms with E-state index in [1.807, 2.05) is 6.92 Å². The molecule has 2 aromatic rings. The van der Waals surface area contributed by atoms with E-state index in [9.17, 15) is 10.2 Å². The number of benzene rings is 2. The number of aryl methyl sites for hydroxylation is 2. The first-order valence-electron chi connectivity index (χ1n) is 11.6. The molecule has 172 valence electrons. The van der Waals surface area contributed by atoms with Crippen LogP contribution in [-0.4, -0.2) is 10.2 Å². The maximum Gasteiger partial charge on any atom is 0.123 e. The summed E-state index contributed by atoms with van der Waals surface area (Å²) in [5, 5.41) is 21.5. The first-order valence-corrected chi connectivity index (χ1v) is 11.6. The van der Waals surface area contributed by atoms with E-state index < -0.39 is 0 Å². The van der Waals surface area contributed by atoms with Crippen LogP contribution in [-0.2, 0) is 22.7 Å². The summed E-state index contributed by atoms with van der Waals surface area (Å²) in [5.74, 6) is 1.25. The minimum atomic E-state index is -0.110. The van der Waals surface area contributed by atoms with Gasteiger partial charge in [-0.3, -0.25) is 0 Å². The molecule has 2 rings (SSSR count). The first kappa shape index (κ1) is 25.3. The third-order valence-electron chi connectivity index (χ3n) is 6.35. The van der Waals surface area contributed by atoms with Crippen LogP contribution in [0.4, 0.5) is 0 Å². The highest BCUT2D eigenvalue weighted by molar-refractivity contribution is 5.50. The normalized spacial score (nSPS) is 14.0. The summed E-state index contributed by atoms with van der Waals surface area (Å²) in [7, 11) is 0. The molecule has 0 saturated heterocycles. The molecule has 0 bridgehead atoms. The van der Waals surface area contributed by atoms with Gasteiger partial charge in [-0.05, 0) is 75.3 Å². The summed E-state index contributed by atoms with van der Waals surface area (Å²) < 4.78 is 0. The Balaban J connectivity index is 2.38. The van der Waals surface area contributed by atoms with Crippen molar-refractivity contribution >= 4 is 0 Å². The number of rotatable bonds is 4. The predicted octanol–water partition coefficient (Wildman–Crippen LogP) is 8.04. The van der Waals surface area contributed by atoms with Crippen molar-refractivity contribution in [3.8, 4) is 11.5 Å². The summed E-state index contributed by atoms with van der Waals surface area (Å²) in [6.45, 7) is 23.7. The highest BCUT2D eigenvalue weighted by Gasteiger charge is 2.27. The Morgan fingerprint density at radius 2 is 1.10 bits per heavy atom. The number of phenolic OH excluding ortho intramolecular Hbond substituents is 2. The molecule has 2 aromatic carbocycles. The fourth-order valence-electron chi connectivity index (χ4n) is 4.20. The van der Waals surface area contributed by atoms with Crippen molar-refractivity contribution in [2.75, 3.05) is 0 Å². The van der Waals surface area contributed by atoms with E-state index in [1.165, 1.54) is 11.1 Å². The maximum atomic E-state index is 11.0. The Labute approximate surface area is 190 Å². The smallest absolute Gasteiger partial charge is 0.123 e. The summed E-state index contributed by atoms with van der Waals surface area (Å²) >= 11 is 0. The second-order valence-corrected chi connectivity index (χ2v) is 12.5. The van der Waals surface area contributed by atoms with Gasteiger partial charge in [-0.1, -0.05) is 93.5 Å². The molecule has 0 spiro atoms. The molecule has 0 saturated carbocycles. The van der Waals surface area contributed by atoms with Crippen molar-refractivity contribution in [2.24, 2.45) is 0 Å². The Bertz CT molecular complexity index is 896. The third-order valence-corrected chi connectivity index (χ3v) is 6.35. The lowest BCUT2D eigenvalue weighted by molar-refractivity contribution is 0.422. The van der Waals surface area contributed by atoms with E-state index >= 15 is 0 Å². The van der Waals surface area contributed by atoms with Crippen molar-refractivity contribution < 1.29 is 10.2 Å². The van der Waals surface area contributed by atoms with Crippen molar-refractivity contribution in [3.63, 3.8) is 0 Å². The molecule has 0 heterocycles. The van der Waals surface area contributed by atoms with E-state index in [0.29, 0.717) is 17.4 Å². The lowest BCUT2D eigenvalue weighted by Crippen LogP contribution is -2.18. The average molecular weight is 425 g/mol. The number of hydrogen-bond acceptors (Lipinski definition) is 2. The van der Waals surface area contributed by atoms with Gasteiger partial charge in [0.1, 0.15) is 11.5 Å². The first-order chi connectivity index (χ1) is 13.9. The molecule has 0 aliphatic heterocycles. The number of hydrogen-bond donors (Lipinski definition) is 2. The molecular weight excluding hydrogens is 380 g/mol. The van der Waals surface area contributed by atoms with Gasteiger partial charge in [-0.15, -0.1) is 0 Å². The molecule has 2 nitrogen and oxygen atoms in total. The summed E-state index contributed by atoms with van der Waals surface area (Å²) in [6, 6.07) is 8.71. The zero-order chi connectivity index (χ0) is 23.9. The molecule has 2 heteroatoms. The Morgan fingerprint density at radius 1 is 0.677 bits per heavy atom. The van der Waals surface area contributed by atoms with Gasteiger partial charge >= 0.3 is 0 Å². The van der Waals surface area contributed by atoms with Gasteiger partial charge in [0.25, 0.3) is 0 Å². The van der Waals surface area contributed by atoms with Crippen molar-refractivity contribution in [3.05, 3.63) is 57.6 Å². The average Bonchev–Trinajstić information content (AvgIpc) is 2.59. The number of phenols is 2. The van der Waals surface area contributed by atoms with Crippen molar-refractivity contribution in [1.82, 2.24) is 0 Å². The van der Waals surface area contributed by atoms with Gasteiger partial charge in [0.15, 0.2) is 0 Å². The van der Waals surface area contributed by atoms with Gasteiger partial charge in [0.2, 0.25) is 0 Å². The Kier molecular flexibility index (Phi) is 6.96. The third kappa shape index (κ3) is 5.84. The van der Waals surface area contributed by atoms with Gasteiger partial charge in [-0.25, -0.2) is 0 Å². The lowest BCUT2D eigenvalue weighted by Gasteiger charge is -2.28. The topological polar surface area (TPSA) is 40.5 Å². The molecule has 2 N–H and O–H groups in total. The molecule has 0 radical (unpaired) electrons. The molecule has 0 aromatic heterocycles. The van der Waals surface area contributed by atoms with E-state index in [0.717, 1.165) is 35.1 Å². The minimum absolute atomic E-state index is 0.0925. The Morgan fingerprint density at radius 3 is 1.52 bits per heavy atom. The molecular formula is C29H44O2. The lowest BCUT2D eigenvalue weighted by atomic mass is 9.77. The van der Waals surface area contributed by atoms with Crippen LogP contribution in [0.2, 0.25) is 0 Å². The SMILES string of the molecule is Cc1cc(C(C)CCc2cc(C(C)(C)C)c(O)c(C(C)(C)C)c2)cc(C(C)(C)C)c1O.